The molecule has 0 atom stereocenters. The van der Waals surface area contributed by atoms with Crippen molar-refractivity contribution < 1.29 is 0 Å². The van der Waals surface area contributed by atoms with Gasteiger partial charge in [-0.15, -0.1) is 0 Å². The second-order valence-corrected chi connectivity index (χ2v) is 6.27. The summed E-state index contributed by atoms with van der Waals surface area (Å²) in [4.78, 5) is 2.60. The molecule has 0 N–H and O–H groups in total. The van der Waals surface area contributed by atoms with Gasteiger partial charge < -0.3 is 0 Å². The highest BCUT2D eigenvalue weighted by Gasteiger charge is 2.18. The lowest BCUT2D eigenvalue weighted by Gasteiger charge is -2.29. The van der Waals surface area contributed by atoms with Crippen LogP contribution in [0.5, 0.6) is 0 Å². The summed E-state index contributed by atoms with van der Waals surface area (Å²) >= 11 is 0. The molecule has 1 aliphatic carbocycles. The lowest BCUT2D eigenvalue weighted by molar-refractivity contribution is 0.202. The minimum atomic E-state index is 0.985. The lowest BCUT2D eigenvalue weighted by Crippen LogP contribution is -2.27. The Morgan fingerprint density at radius 3 is 1.71 bits per heavy atom. The van der Waals surface area contributed by atoms with Crippen LogP contribution < -0.4 is 0 Å². The Bertz CT molecular complexity index is 475. The van der Waals surface area contributed by atoms with E-state index in [4.69, 9.17) is 0 Å². The normalized spacial score (nSPS) is 15.1. The van der Waals surface area contributed by atoms with Crippen LogP contribution in [0.4, 0.5) is 0 Å². The predicted molar refractivity (Wildman–Crippen MR) is 89.0 cm³/mol. The van der Waals surface area contributed by atoms with E-state index in [2.05, 4.69) is 65.6 Å². The first kappa shape index (κ1) is 14.3. The Kier molecular flexibility index (Phi) is 5.07. The Morgan fingerprint density at radius 1 is 0.762 bits per heavy atom. The van der Waals surface area contributed by atoms with Gasteiger partial charge in [0.15, 0.2) is 0 Å². The van der Waals surface area contributed by atoms with Crippen LogP contribution in [0.25, 0.3) is 0 Å². The maximum atomic E-state index is 2.60. The summed E-state index contributed by atoms with van der Waals surface area (Å²) < 4.78 is 0. The van der Waals surface area contributed by atoms with E-state index in [0.29, 0.717) is 0 Å². The molecular weight excluding hydrogens is 254 g/mol. The Labute approximate surface area is 128 Å². The maximum absolute atomic E-state index is 2.60. The molecule has 21 heavy (non-hydrogen) atoms. The first-order valence-corrected chi connectivity index (χ1v) is 8.20. The van der Waals surface area contributed by atoms with Gasteiger partial charge >= 0.3 is 0 Å². The van der Waals surface area contributed by atoms with E-state index in [9.17, 15) is 0 Å². The molecule has 110 valence electrons. The van der Waals surface area contributed by atoms with Gasteiger partial charge in [-0.25, -0.2) is 0 Å². The van der Waals surface area contributed by atoms with Gasteiger partial charge in [0.05, 0.1) is 0 Å². The Hall–Kier alpha value is -1.60. The summed E-state index contributed by atoms with van der Waals surface area (Å²) in [6.07, 6.45) is 5.71. The van der Waals surface area contributed by atoms with Gasteiger partial charge in [-0.1, -0.05) is 79.9 Å². The van der Waals surface area contributed by atoms with E-state index < -0.39 is 0 Å². The molecule has 0 amide bonds. The zero-order valence-corrected chi connectivity index (χ0v) is 12.7. The average molecular weight is 279 g/mol. The van der Waals surface area contributed by atoms with E-state index in [1.807, 2.05) is 0 Å². The topological polar surface area (TPSA) is 3.24 Å². The van der Waals surface area contributed by atoms with Gasteiger partial charge in [0.1, 0.15) is 0 Å². The van der Waals surface area contributed by atoms with Gasteiger partial charge in [0, 0.05) is 13.1 Å². The smallest absolute Gasteiger partial charge is 0.0237 e. The number of nitrogens with zero attached hydrogens (tertiary/aromatic N) is 1. The molecule has 1 saturated carbocycles. The highest BCUT2D eigenvalue weighted by atomic mass is 15.1. The van der Waals surface area contributed by atoms with E-state index in [0.717, 1.165) is 19.0 Å². The van der Waals surface area contributed by atoms with E-state index >= 15 is 0 Å². The zero-order chi connectivity index (χ0) is 14.3. The van der Waals surface area contributed by atoms with Crippen molar-refractivity contribution in [3.05, 3.63) is 71.8 Å². The Balaban J connectivity index is 1.61. The number of benzene rings is 2. The molecule has 2 aromatic carbocycles. The van der Waals surface area contributed by atoms with Crippen LogP contribution in [0.3, 0.4) is 0 Å². The van der Waals surface area contributed by atoms with Crippen LogP contribution in [0.1, 0.15) is 36.8 Å². The molecule has 1 fully saturated rings. The molecule has 0 spiro atoms. The molecule has 0 aliphatic heterocycles. The molecule has 1 heteroatoms. The van der Waals surface area contributed by atoms with Gasteiger partial charge in [0.2, 0.25) is 0 Å². The number of hydrogen-bond acceptors (Lipinski definition) is 1. The van der Waals surface area contributed by atoms with Gasteiger partial charge in [0.25, 0.3) is 0 Å². The summed E-state index contributed by atoms with van der Waals surface area (Å²) in [5.74, 6) is 0.985. The zero-order valence-electron chi connectivity index (χ0n) is 12.7. The van der Waals surface area contributed by atoms with Crippen LogP contribution >= 0.6 is 0 Å². The highest BCUT2D eigenvalue weighted by molar-refractivity contribution is 5.17. The van der Waals surface area contributed by atoms with E-state index in [1.165, 1.54) is 43.4 Å². The van der Waals surface area contributed by atoms with Crippen LogP contribution in [0.2, 0.25) is 0 Å². The summed E-state index contributed by atoms with van der Waals surface area (Å²) in [7, 11) is 0. The van der Waals surface area contributed by atoms with Crippen molar-refractivity contribution in [2.45, 2.75) is 38.8 Å². The summed E-state index contributed by atoms with van der Waals surface area (Å²) in [5, 5.41) is 0. The number of hydrogen-bond donors (Lipinski definition) is 0. The van der Waals surface area contributed by atoms with Crippen LogP contribution in [-0.2, 0) is 13.1 Å². The third-order valence-electron chi connectivity index (χ3n) is 4.58. The van der Waals surface area contributed by atoms with Gasteiger partial charge in [-0.3, -0.25) is 4.90 Å². The van der Waals surface area contributed by atoms with Crippen LogP contribution in [0, 0.1) is 5.92 Å². The molecule has 0 saturated heterocycles. The fraction of sp³-hybridized carbons (Fsp3) is 0.400. The molecular formula is C20H25N. The molecule has 3 rings (SSSR count). The second-order valence-electron chi connectivity index (χ2n) is 6.27. The molecule has 0 unspecified atom stereocenters. The summed E-state index contributed by atoms with van der Waals surface area (Å²) in [5.41, 5.74) is 2.84. The SMILES string of the molecule is c1ccc(CN(CCC2CCC2)Cc2ccccc2)cc1. The third-order valence-corrected chi connectivity index (χ3v) is 4.58. The largest absolute Gasteiger partial charge is 0.295 e. The van der Waals surface area contributed by atoms with Crippen molar-refractivity contribution in [1.29, 1.82) is 0 Å². The quantitative estimate of drug-likeness (QED) is 0.698. The standard InChI is InChI=1S/C20H25N/c1-3-8-19(9-4-1)16-21(15-14-18-12-7-13-18)17-20-10-5-2-6-11-20/h1-6,8-11,18H,7,12-17H2. The van der Waals surface area contributed by atoms with Crippen LogP contribution in [-0.4, -0.2) is 11.4 Å². The van der Waals surface area contributed by atoms with Crippen LogP contribution in [0.15, 0.2) is 60.7 Å². The van der Waals surface area contributed by atoms with Crippen molar-refractivity contribution >= 4 is 0 Å². The minimum Gasteiger partial charge on any atom is -0.295 e. The van der Waals surface area contributed by atoms with Crippen molar-refractivity contribution in [2.75, 3.05) is 6.54 Å². The Morgan fingerprint density at radius 2 is 1.29 bits per heavy atom. The molecule has 0 radical (unpaired) electrons. The second kappa shape index (κ2) is 7.42. The predicted octanol–water partition coefficient (Wildman–Crippen LogP) is 4.88. The minimum absolute atomic E-state index is 0.985. The van der Waals surface area contributed by atoms with Crippen molar-refractivity contribution in [3.63, 3.8) is 0 Å². The molecule has 2 aromatic rings. The third kappa shape index (κ3) is 4.44. The average Bonchev–Trinajstić information content (AvgIpc) is 2.47. The lowest BCUT2D eigenvalue weighted by atomic mass is 9.83. The molecule has 1 nitrogen and oxygen atoms in total. The molecule has 1 aliphatic rings. The molecule has 0 heterocycles. The monoisotopic (exact) mass is 279 g/mol. The summed E-state index contributed by atoms with van der Waals surface area (Å²) in [6.45, 7) is 3.33. The fourth-order valence-corrected chi connectivity index (χ4v) is 3.04. The van der Waals surface area contributed by atoms with Crippen molar-refractivity contribution in [3.8, 4) is 0 Å². The van der Waals surface area contributed by atoms with E-state index in [-0.39, 0.29) is 0 Å². The van der Waals surface area contributed by atoms with E-state index in [1.54, 1.807) is 0 Å². The summed E-state index contributed by atoms with van der Waals surface area (Å²) in [6, 6.07) is 21.7. The first-order chi connectivity index (χ1) is 10.4. The van der Waals surface area contributed by atoms with Crippen molar-refractivity contribution in [1.82, 2.24) is 4.90 Å². The molecule has 0 aromatic heterocycles. The maximum Gasteiger partial charge on any atom is 0.0237 e. The fourth-order valence-electron chi connectivity index (χ4n) is 3.04. The van der Waals surface area contributed by atoms with Gasteiger partial charge in [-0.2, -0.15) is 0 Å². The van der Waals surface area contributed by atoms with Gasteiger partial charge in [-0.05, 0) is 30.0 Å². The van der Waals surface area contributed by atoms with Crippen molar-refractivity contribution in [2.24, 2.45) is 5.92 Å². The highest BCUT2D eigenvalue weighted by Crippen LogP contribution is 2.29. The first-order valence-electron chi connectivity index (χ1n) is 8.20. The number of rotatable bonds is 7. The molecule has 0 bridgehead atoms.